The van der Waals surface area contributed by atoms with Crippen molar-refractivity contribution in [3.05, 3.63) is 24.3 Å². The number of nitrogens with zero attached hydrogens (tertiary/aromatic N) is 1. The number of likely N-dealkylation sites (N-methyl/N-ethyl adjacent to an activating group) is 1. The molecular weight excluding hydrogens is 637 g/mol. The molecule has 0 saturated carbocycles. The van der Waals surface area contributed by atoms with Crippen molar-refractivity contribution in [2.24, 2.45) is 0 Å². The van der Waals surface area contributed by atoms with Crippen LogP contribution in [0.5, 0.6) is 0 Å². The molecule has 0 radical (unpaired) electrons. The van der Waals surface area contributed by atoms with Gasteiger partial charge in [0, 0.05) is 13.0 Å². The lowest BCUT2D eigenvalue weighted by Gasteiger charge is -2.24. The number of phosphoric ester groups is 1. The third-order valence-corrected chi connectivity index (χ3v) is 9.48. The van der Waals surface area contributed by atoms with Gasteiger partial charge in [-0.2, -0.15) is 0 Å². The second kappa shape index (κ2) is 34.1. The molecule has 0 aliphatic carbocycles. The number of hydrogen-bond donors (Lipinski definition) is 1. The monoisotopic (exact) mass is 717 g/mol. The van der Waals surface area contributed by atoms with Gasteiger partial charge in [0.05, 0.1) is 34.4 Å². The van der Waals surface area contributed by atoms with E-state index in [1.54, 1.807) is 0 Å². The third-order valence-electron chi connectivity index (χ3n) is 8.50. The van der Waals surface area contributed by atoms with Gasteiger partial charge >= 0.3 is 13.8 Å². The number of carbonyl (C=O) groups is 1. The lowest BCUT2D eigenvalue weighted by molar-refractivity contribution is -0.870. The fourth-order valence-corrected chi connectivity index (χ4v) is 6.10. The van der Waals surface area contributed by atoms with Crippen molar-refractivity contribution in [3.8, 4) is 0 Å². The van der Waals surface area contributed by atoms with E-state index in [2.05, 4.69) is 38.2 Å². The van der Waals surface area contributed by atoms with Crippen molar-refractivity contribution in [2.45, 2.75) is 174 Å². The first-order valence-electron chi connectivity index (χ1n) is 20.1. The highest BCUT2D eigenvalue weighted by Gasteiger charge is 2.26. The number of carbonyl (C=O) groups excluding carboxylic acids is 1. The van der Waals surface area contributed by atoms with Gasteiger partial charge in [-0.25, -0.2) is 4.57 Å². The highest BCUT2D eigenvalue weighted by molar-refractivity contribution is 7.47. The molecule has 8 nitrogen and oxygen atoms in total. The Balaban J connectivity index is 4.28. The SMILES string of the molecule is CCC/C=C\C/C=C\CCCCCCCCOCC(COP(=O)(O)OCC[N+](C)(C)C)OC(=O)CCCCCCCCCCCCCCC. The van der Waals surface area contributed by atoms with Crippen LogP contribution in [0, 0.1) is 0 Å². The Morgan fingerprint density at radius 3 is 1.73 bits per heavy atom. The van der Waals surface area contributed by atoms with E-state index in [9.17, 15) is 14.3 Å². The second-order valence-electron chi connectivity index (χ2n) is 14.7. The summed E-state index contributed by atoms with van der Waals surface area (Å²) in [5, 5.41) is 0. The molecule has 2 atom stereocenters. The Morgan fingerprint density at radius 1 is 0.633 bits per heavy atom. The fraction of sp³-hybridized carbons (Fsp3) is 0.875. The zero-order chi connectivity index (χ0) is 36.3. The molecule has 0 rings (SSSR count). The topological polar surface area (TPSA) is 91.3 Å². The van der Waals surface area contributed by atoms with E-state index in [1.807, 2.05) is 21.1 Å². The minimum Gasteiger partial charge on any atom is -0.457 e. The molecule has 0 fully saturated rings. The molecule has 9 heteroatoms. The van der Waals surface area contributed by atoms with Crippen LogP contribution in [0.2, 0.25) is 0 Å². The minimum absolute atomic E-state index is 0.0880. The number of unbranched alkanes of at least 4 members (excludes halogenated alkanes) is 19. The predicted molar refractivity (Wildman–Crippen MR) is 206 cm³/mol. The summed E-state index contributed by atoms with van der Waals surface area (Å²) in [4.78, 5) is 22.8. The van der Waals surface area contributed by atoms with Crippen LogP contribution in [0.25, 0.3) is 0 Å². The van der Waals surface area contributed by atoms with Gasteiger partial charge in [0.2, 0.25) is 0 Å². The number of hydrogen-bond acceptors (Lipinski definition) is 6. The van der Waals surface area contributed by atoms with Crippen LogP contribution in [-0.2, 0) is 27.9 Å². The van der Waals surface area contributed by atoms with Crippen LogP contribution in [0.1, 0.15) is 168 Å². The van der Waals surface area contributed by atoms with E-state index in [0.717, 1.165) is 44.9 Å². The summed E-state index contributed by atoms with van der Waals surface area (Å²) >= 11 is 0. The second-order valence-corrected chi connectivity index (χ2v) is 16.1. The zero-order valence-electron chi connectivity index (χ0n) is 32.7. The Kier molecular flexibility index (Phi) is 33.4. The van der Waals surface area contributed by atoms with Crippen LogP contribution in [0.4, 0.5) is 0 Å². The number of quaternary nitrogens is 1. The Morgan fingerprint density at radius 2 is 1.16 bits per heavy atom. The molecule has 49 heavy (non-hydrogen) atoms. The molecule has 0 aliphatic rings. The summed E-state index contributed by atoms with van der Waals surface area (Å²) in [6.45, 7) is 5.54. The van der Waals surface area contributed by atoms with Crippen LogP contribution in [-0.4, -0.2) is 75.6 Å². The van der Waals surface area contributed by atoms with Gasteiger partial charge < -0.3 is 18.9 Å². The molecule has 0 saturated heterocycles. The normalized spacial score (nSPS) is 14.2. The van der Waals surface area contributed by atoms with Crippen molar-refractivity contribution in [1.29, 1.82) is 0 Å². The number of rotatable bonds is 37. The molecule has 290 valence electrons. The molecule has 0 aromatic rings. The molecule has 0 aromatic heterocycles. The molecular formula is C40H79NO7P+. The standard InChI is InChI=1S/C40H78NO7P/c1-6-8-10-12-14-16-18-20-22-24-26-28-30-32-35-45-37-39(38-47-49(43,44)46-36-34-41(3,4)5)48-40(42)33-31-29-27-25-23-21-19-17-15-13-11-9-7-2/h10,12,16,18,39H,6-9,11,13-15,17,19-38H2,1-5H3/p+1/b12-10-,18-16-. The quantitative estimate of drug-likeness (QED) is 0.0225. The number of esters is 1. The average molecular weight is 717 g/mol. The van der Waals surface area contributed by atoms with Gasteiger partial charge in [-0.15, -0.1) is 0 Å². The summed E-state index contributed by atoms with van der Waals surface area (Å²) in [5.74, 6) is -0.318. The van der Waals surface area contributed by atoms with Crippen LogP contribution in [0.15, 0.2) is 24.3 Å². The molecule has 2 unspecified atom stereocenters. The van der Waals surface area contributed by atoms with Crippen molar-refractivity contribution in [1.82, 2.24) is 0 Å². The predicted octanol–water partition coefficient (Wildman–Crippen LogP) is 11.3. The first kappa shape index (κ1) is 48.0. The lowest BCUT2D eigenvalue weighted by Crippen LogP contribution is -2.37. The van der Waals surface area contributed by atoms with Gasteiger partial charge in [-0.3, -0.25) is 13.8 Å². The first-order valence-corrected chi connectivity index (χ1v) is 21.6. The summed E-state index contributed by atoms with van der Waals surface area (Å²) in [6, 6.07) is 0. The van der Waals surface area contributed by atoms with Crippen LogP contribution >= 0.6 is 7.82 Å². The summed E-state index contributed by atoms with van der Waals surface area (Å²) < 4.78 is 34.9. The maximum atomic E-state index is 12.6. The molecule has 0 aliphatic heterocycles. The van der Waals surface area contributed by atoms with E-state index in [0.29, 0.717) is 24.1 Å². The van der Waals surface area contributed by atoms with Crippen LogP contribution < -0.4 is 0 Å². The van der Waals surface area contributed by atoms with Crippen molar-refractivity contribution < 1.29 is 37.3 Å². The fourth-order valence-electron chi connectivity index (χ4n) is 5.35. The van der Waals surface area contributed by atoms with E-state index in [1.165, 1.54) is 103 Å². The highest BCUT2D eigenvalue weighted by atomic mass is 31.2. The number of ether oxygens (including phenoxy) is 2. The largest absolute Gasteiger partial charge is 0.472 e. The van der Waals surface area contributed by atoms with E-state index >= 15 is 0 Å². The van der Waals surface area contributed by atoms with Crippen molar-refractivity contribution in [3.63, 3.8) is 0 Å². The molecule has 0 heterocycles. The van der Waals surface area contributed by atoms with E-state index < -0.39 is 13.9 Å². The molecule has 0 amide bonds. The van der Waals surface area contributed by atoms with Gasteiger partial charge in [-0.05, 0) is 38.5 Å². The Bertz CT molecular complexity index is 843. The summed E-state index contributed by atoms with van der Waals surface area (Å²) in [7, 11) is 1.66. The average Bonchev–Trinajstić information content (AvgIpc) is 3.04. The highest BCUT2D eigenvalue weighted by Crippen LogP contribution is 2.43. The molecule has 0 spiro atoms. The molecule has 0 bridgehead atoms. The lowest BCUT2D eigenvalue weighted by atomic mass is 10.0. The number of phosphoric acid groups is 1. The van der Waals surface area contributed by atoms with Gasteiger partial charge in [0.25, 0.3) is 0 Å². The third kappa shape index (κ3) is 38.1. The van der Waals surface area contributed by atoms with E-state index in [4.69, 9.17) is 18.5 Å². The van der Waals surface area contributed by atoms with Gasteiger partial charge in [0.1, 0.15) is 19.3 Å². The van der Waals surface area contributed by atoms with Crippen molar-refractivity contribution >= 4 is 13.8 Å². The van der Waals surface area contributed by atoms with Crippen molar-refractivity contribution in [2.75, 3.05) is 54.1 Å². The molecule has 0 aromatic carbocycles. The minimum atomic E-state index is -4.27. The molecule has 1 N–H and O–H groups in total. The van der Waals surface area contributed by atoms with Crippen LogP contribution in [0.3, 0.4) is 0 Å². The summed E-state index contributed by atoms with van der Waals surface area (Å²) in [6.07, 6.45) is 36.3. The van der Waals surface area contributed by atoms with E-state index in [-0.39, 0.29) is 25.8 Å². The first-order chi connectivity index (χ1) is 23.6. The Labute approximate surface area is 303 Å². The Hall–Kier alpha value is -1.02. The maximum Gasteiger partial charge on any atom is 0.472 e. The van der Waals surface area contributed by atoms with Gasteiger partial charge in [-0.1, -0.05) is 147 Å². The summed E-state index contributed by atoms with van der Waals surface area (Å²) in [5.41, 5.74) is 0. The zero-order valence-corrected chi connectivity index (χ0v) is 33.6. The maximum absolute atomic E-state index is 12.6. The van der Waals surface area contributed by atoms with Gasteiger partial charge in [0.15, 0.2) is 0 Å². The number of allylic oxidation sites excluding steroid dienone is 4. The smallest absolute Gasteiger partial charge is 0.457 e.